The van der Waals surface area contributed by atoms with Gasteiger partial charge >= 0.3 is 6.03 Å². The van der Waals surface area contributed by atoms with Crippen molar-refractivity contribution < 1.29 is 9.53 Å². The summed E-state index contributed by atoms with van der Waals surface area (Å²) >= 11 is 5.04. The van der Waals surface area contributed by atoms with Gasteiger partial charge in [-0.1, -0.05) is 0 Å². The molecule has 0 saturated carbocycles. The van der Waals surface area contributed by atoms with E-state index in [-0.39, 0.29) is 6.03 Å². The van der Waals surface area contributed by atoms with Gasteiger partial charge in [0.15, 0.2) is 0 Å². The van der Waals surface area contributed by atoms with Crippen molar-refractivity contribution in [2.45, 2.75) is 19.5 Å². The Morgan fingerprint density at radius 1 is 1.45 bits per heavy atom. The van der Waals surface area contributed by atoms with Crippen molar-refractivity contribution in [1.82, 2.24) is 15.5 Å². The zero-order chi connectivity index (χ0) is 14.4. The van der Waals surface area contributed by atoms with Gasteiger partial charge in [0.05, 0.1) is 23.5 Å². The fourth-order valence-corrected chi connectivity index (χ4v) is 3.49. The van der Waals surface area contributed by atoms with E-state index < -0.39 is 0 Å². The average molecular weight is 362 g/mol. The van der Waals surface area contributed by atoms with Gasteiger partial charge in [0.25, 0.3) is 0 Å². The molecule has 2 rings (SSSR count). The molecule has 2 amide bonds. The van der Waals surface area contributed by atoms with Crippen LogP contribution in [-0.2, 0) is 11.3 Å². The first kappa shape index (κ1) is 15.8. The lowest BCUT2D eigenvalue weighted by Gasteiger charge is -2.32. The maximum atomic E-state index is 11.7. The number of hydrogen-bond acceptors (Lipinski definition) is 4. The minimum atomic E-state index is -0.116. The number of morpholine rings is 1. The van der Waals surface area contributed by atoms with E-state index in [4.69, 9.17) is 4.74 Å². The number of rotatable bonds is 5. The third kappa shape index (κ3) is 5.05. The molecule has 2 N–H and O–H groups in total. The van der Waals surface area contributed by atoms with E-state index in [0.29, 0.717) is 19.1 Å². The van der Waals surface area contributed by atoms with Crippen LogP contribution in [0.1, 0.15) is 11.8 Å². The Morgan fingerprint density at radius 3 is 2.85 bits per heavy atom. The molecule has 1 aliphatic heterocycles. The summed E-state index contributed by atoms with van der Waals surface area (Å²) in [6, 6.07) is 4.21. The van der Waals surface area contributed by atoms with E-state index in [0.717, 1.165) is 35.0 Å². The first-order valence-corrected chi connectivity index (χ1v) is 8.34. The maximum Gasteiger partial charge on any atom is 0.315 e. The van der Waals surface area contributed by atoms with Crippen molar-refractivity contribution in [3.05, 3.63) is 20.8 Å². The van der Waals surface area contributed by atoms with E-state index in [1.165, 1.54) is 0 Å². The number of amides is 2. The van der Waals surface area contributed by atoms with Crippen molar-refractivity contribution in [1.29, 1.82) is 0 Å². The normalized spacial score (nSPS) is 17.7. The summed E-state index contributed by atoms with van der Waals surface area (Å²) < 4.78 is 6.40. The first-order valence-electron chi connectivity index (χ1n) is 6.73. The van der Waals surface area contributed by atoms with Gasteiger partial charge in [0.2, 0.25) is 0 Å². The lowest BCUT2D eigenvalue weighted by atomic mass is 10.2. The number of carbonyl (C=O) groups is 1. The molecule has 2 heterocycles. The molecule has 7 heteroatoms. The number of nitrogens with one attached hydrogen (secondary N) is 2. The van der Waals surface area contributed by atoms with Crippen LogP contribution in [0.25, 0.3) is 0 Å². The van der Waals surface area contributed by atoms with E-state index >= 15 is 0 Å². The molecule has 112 valence electrons. The van der Waals surface area contributed by atoms with Crippen molar-refractivity contribution in [2.75, 3.05) is 32.8 Å². The summed E-state index contributed by atoms with van der Waals surface area (Å²) in [6.07, 6.45) is 0. The van der Waals surface area contributed by atoms with Crippen LogP contribution in [0, 0.1) is 0 Å². The SMILES string of the molecule is CC(CNC(=O)NCc1ccc(Br)s1)N1CCOCC1. The van der Waals surface area contributed by atoms with Gasteiger partial charge in [-0.15, -0.1) is 11.3 Å². The van der Waals surface area contributed by atoms with Crippen molar-refractivity contribution in [3.8, 4) is 0 Å². The topological polar surface area (TPSA) is 53.6 Å². The Morgan fingerprint density at radius 2 is 2.20 bits per heavy atom. The molecule has 1 atom stereocenters. The number of thiophene rings is 1. The fourth-order valence-electron chi connectivity index (χ4n) is 2.06. The molecule has 1 fully saturated rings. The zero-order valence-electron chi connectivity index (χ0n) is 11.5. The average Bonchev–Trinajstić information content (AvgIpc) is 2.89. The largest absolute Gasteiger partial charge is 0.379 e. The number of nitrogens with zero attached hydrogens (tertiary/aromatic N) is 1. The van der Waals surface area contributed by atoms with Crippen molar-refractivity contribution in [2.24, 2.45) is 0 Å². The number of urea groups is 1. The summed E-state index contributed by atoms with van der Waals surface area (Å²) in [5.41, 5.74) is 0. The van der Waals surface area contributed by atoms with Crippen molar-refractivity contribution >= 4 is 33.3 Å². The highest BCUT2D eigenvalue weighted by Gasteiger charge is 2.17. The van der Waals surface area contributed by atoms with Gasteiger partial charge in [0.1, 0.15) is 0 Å². The minimum absolute atomic E-state index is 0.116. The minimum Gasteiger partial charge on any atom is -0.379 e. The Labute approximate surface area is 131 Å². The molecule has 5 nitrogen and oxygen atoms in total. The highest BCUT2D eigenvalue weighted by Crippen LogP contribution is 2.21. The van der Waals surface area contributed by atoms with E-state index in [2.05, 4.69) is 38.4 Å². The van der Waals surface area contributed by atoms with Gasteiger partial charge in [0, 0.05) is 30.6 Å². The predicted molar refractivity (Wildman–Crippen MR) is 84.1 cm³/mol. The van der Waals surface area contributed by atoms with Crippen LogP contribution in [0.5, 0.6) is 0 Å². The summed E-state index contributed by atoms with van der Waals surface area (Å²) in [7, 11) is 0. The molecule has 1 aromatic heterocycles. The number of carbonyl (C=O) groups excluding carboxylic acids is 1. The van der Waals surface area contributed by atoms with Crippen LogP contribution in [-0.4, -0.2) is 49.8 Å². The number of hydrogen-bond donors (Lipinski definition) is 2. The molecule has 1 aliphatic rings. The van der Waals surface area contributed by atoms with Crippen LogP contribution in [0.3, 0.4) is 0 Å². The standard InChI is InChI=1S/C13H20BrN3O2S/c1-10(17-4-6-19-7-5-17)8-15-13(18)16-9-11-2-3-12(14)20-11/h2-3,10H,4-9H2,1H3,(H2,15,16,18). The van der Waals surface area contributed by atoms with Crippen LogP contribution < -0.4 is 10.6 Å². The van der Waals surface area contributed by atoms with Crippen LogP contribution in [0.15, 0.2) is 15.9 Å². The third-order valence-corrected chi connectivity index (χ3v) is 4.90. The summed E-state index contributed by atoms with van der Waals surface area (Å²) in [6.45, 7) is 6.78. The second-order valence-corrected chi connectivity index (χ2v) is 7.31. The Kier molecular flexibility index (Phi) is 6.28. The third-order valence-electron chi connectivity index (χ3n) is 3.28. The second kappa shape index (κ2) is 7.97. The molecule has 1 aromatic rings. The number of ether oxygens (including phenoxy) is 1. The van der Waals surface area contributed by atoms with Gasteiger partial charge in [-0.05, 0) is 35.0 Å². The summed E-state index contributed by atoms with van der Waals surface area (Å²) in [5, 5.41) is 5.78. The molecular weight excluding hydrogens is 342 g/mol. The van der Waals surface area contributed by atoms with Gasteiger partial charge in [-0.25, -0.2) is 4.79 Å². The van der Waals surface area contributed by atoms with Gasteiger partial charge < -0.3 is 15.4 Å². The fraction of sp³-hybridized carbons (Fsp3) is 0.615. The lowest BCUT2D eigenvalue weighted by molar-refractivity contribution is 0.0209. The molecule has 0 radical (unpaired) electrons. The molecule has 1 unspecified atom stereocenters. The molecule has 0 aliphatic carbocycles. The van der Waals surface area contributed by atoms with Gasteiger partial charge in [-0.3, -0.25) is 4.90 Å². The molecule has 0 aromatic carbocycles. The first-order chi connectivity index (χ1) is 9.65. The molecular formula is C13H20BrN3O2S. The zero-order valence-corrected chi connectivity index (χ0v) is 13.9. The van der Waals surface area contributed by atoms with Crippen LogP contribution in [0.4, 0.5) is 4.79 Å². The lowest BCUT2D eigenvalue weighted by Crippen LogP contribution is -2.48. The predicted octanol–water partition coefficient (Wildman–Crippen LogP) is 2.03. The maximum absolute atomic E-state index is 11.7. The Hall–Kier alpha value is -0.630. The Balaban J connectivity index is 1.64. The molecule has 0 bridgehead atoms. The monoisotopic (exact) mass is 361 g/mol. The number of halogens is 1. The van der Waals surface area contributed by atoms with Crippen LogP contribution >= 0.6 is 27.3 Å². The molecule has 0 spiro atoms. The molecule has 20 heavy (non-hydrogen) atoms. The quantitative estimate of drug-likeness (QED) is 0.843. The van der Waals surface area contributed by atoms with Crippen molar-refractivity contribution in [3.63, 3.8) is 0 Å². The smallest absolute Gasteiger partial charge is 0.315 e. The second-order valence-electron chi connectivity index (χ2n) is 4.77. The van der Waals surface area contributed by atoms with E-state index in [9.17, 15) is 4.79 Å². The highest BCUT2D eigenvalue weighted by molar-refractivity contribution is 9.11. The van der Waals surface area contributed by atoms with E-state index in [1.54, 1.807) is 11.3 Å². The molecule has 1 saturated heterocycles. The summed E-state index contributed by atoms with van der Waals surface area (Å²) in [4.78, 5) is 15.2. The van der Waals surface area contributed by atoms with E-state index in [1.807, 2.05) is 12.1 Å². The van der Waals surface area contributed by atoms with Crippen LogP contribution in [0.2, 0.25) is 0 Å². The summed E-state index contributed by atoms with van der Waals surface area (Å²) in [5.74, 6) is 0. The highest BCUT2D eigenvalue weighted by atomic mass is 79.9. The Bertz CT molecular complexity index is 435. The van der Waals surface area contributed by atoms with Gasteiger partial charge in [-0.2, -0.15) is 0 Å².